The summed E-state index contributed by atoms with van der Waals surface area (Å²) >= 11 is 0. The minimum absolute atomic E-state index is 0.162. The predicted molar refractivity (Wildman–Crippen MR) is 106 cm³/mol. The molecule has 0 bridgehead atoms. The van der Waals surface area contributed by atoms with Crippen molar-refractivity contribution in [3.05, 3.63) is 42.0 Å². The molecule has 1 saturated heterocycles. The standard InChI is InChI=1S/C21H19N3O6/c25-19(10-28-13-4-6-17-18(9-13)30-11-29-17)22-12-3-5-15-14(8-12)21(27)24-7-1-2-16(24)20(26)23-15/h3-6,8-9,16H,1-2,7,10-11H2,(H,22,25)(H,23,26)/t16-/m0/s1. The zero-order chi connectivity index (χ0) is 20.7. The third-order valence-electron chi connectivity index (χ3n) is 5.32. The molecule has 0 spiro atoms. The Bertz CT molecular complexity index is 1050. The maximum Gasteiger partial charge on any atom is 0.262 e. The molecule has 9 nitrogen and oxygen atoms in total. The summed E-state index contributed by atoms with van der Waals surface area (Å²) in [6.07, 6.45) is 1.46. The number of carbonyl (C=O) groups is 3. The van der Waals surface area contributed by atoms with Gasteiger partial charge in [0.05, 0.1) is 11.3 Å². The van der Waals surface area contributed by atoms with Gasteiger partial charge in [0, 0.05) is 18.3 Å². The van der Waals surface area contributed by atoms with Crippen LogP contribution in [0.25, 0.3) is 0 Å². The topological polar surface area (TPSA) is 106 Å². The highest BCUT2D eigenvalue weighted by molar-refractivity contribution is 6.11. The van der Waals surface area contributed by atoms with Crippen LogP contribution in [0, 0.1) is 0 Å². The molecule has 154 valence electrons. The Morgan fingerprint density at radius 1 is 1.17 bits per heavy atom. The molecule has 0 aliphatic carbocycles. The lowest BCUT2D eigenvalue weighted by Gasteiger charge is -2.20. The number of hydrogen-bond acceptors (Lipinski definition) is 6. The van der Waals surface area contributed by atoms with Crippen LogP contribution in [0.15, 0.2) is 36.4 Å². The van der Waals surface area contributed by atoms with E-state index in [2.05, 4.69) is 10.6 Å². The number of fused-ring (bicyclic) bond motifs is 3. The quantitative estimate of drug-likeness (QED) is 0.800. The normalized spacial score (nSPS) is 18.9. The van der Waals surface area contributed by atoms with E-state index in [4.69, 9.17) is 14.2 Å². The van der Waals surface area contributed by atoms with Crippen molar-refractivity contribution in [2.45, 2.75) is 18.9 Å². The molecule has 5 rings (SSSR count). The van der Waals surface area contributed by atoms with Gasteiger partial charge in [-0.05, 0) is 43.2 Å². The predicted octanol–water partition coefficient (Wildman–Crippen LogP) is 1.99. The van der Waals surface area contributed by atoms with Crippen LogP contribution in [0.3, 0.4) is 0 Å². The Morgan fingerprint density at radius 3 is 2.93 bits per heavy atom. The third-order valence-corrected chi connectivity index (χ3v) is 5.32. The van der Waals surface area contributed by atoms with Crippen molar-refractivity contribution >= 4 is 29.1 Å². The fraction of sp³-hybridized carbons (Fsp3) is 0.286. The maximum absolute atomic E-state index is 12.9. The average molecular weight is 409 g/mol. The van der Waals surface area contributed by atoms with Crippen molar-refractivity contribution in [2.75, 3.05) is 30.6 Å². The highest BCUT2D eigenvalue weighted by atomic mass is 16.7. The largest absolute Gasteiger partial charge is 0.484 e. The molecule has 2 N–H and O–H groups in total. The molecule has 0 saturated carbocycles. The Balaban J connectivity index is 1.27. The molecule has 1 atom stereocenters. The SMILES string of the molecule is O=C(COc1ccc2c(c1)OCO2)Nc1ccc2c(c1)C(=O)N1CCC[C@H]1C(=O)N2. The minimum atomic E-state index is -0.432. The van der Waals surface area contributed by atoms with Crippen molar-refractivity contribution in [3.63, 3.8) is 0 Å². The summed E-state index contributed by atoms with van der Waals surface area (Å²) in [5, 5.41) is 5.53. The van der Waals surface area contributed by atoms with E-state index in [1.807, 2.05) is 0 Å². The van der Waals surface area contributed by atoms with E-state index in [1.54, 1.807) is 41.3 Å². The summed E-state index contributed by atoms with van der Waals surface area (Å²) < 4.78 is 16.0. The van der Waals surface area contributed by atoms with Crippen LogP contribution in [0.2, 0.25) is 0 Å². The Kier molecular flexibility index (Phi) is 4.42. The van der Waals surface area contributed by atoms with Gasteiger partial charge in [-0.15, -0.1) is 0 Å². The zero-order valence-electron chi connectivity index (χ0n) is 16.0. The average Bonchev–Trinajstić information content (AvgIpc) is 3.40. The molecule has 0 unspecified atom stereocenters. The van der Waals surface area contributed by atoms with Gasteiger partial charge in [0.25, 0.3) is 11.8 Å². The lowest BCUT2D eigenvalue weighted by atomic mass is 10.1. The van der Waals surface area contributed by atoms with E-state index in [9.17, 15) is 14.4 Å². The number of nitrogens with one attached hydrogen (secondary N) is 2. The van der Waals surface area contributed by atoms with E-state index in [1.165, 1.54) is 0 Å². The lowest BCUT2D eigenvalue weighted by Crippen LogP contribution is -2.40. The molecule has 3 aliphatic rings. The van der Waals surface area contributed by atoms with Gasteiger partial charge in [-0.1, -0.05) is 0 Å². The van der Waals surface area contributed by atoms with E-state index in [0.29, 0.717) is 47.2 Å². The van der Waals surface area contributed by atoms with Crippen molar-refractivity contribution in [1.29, 1.82) is 0 Å². The van der Waals surface area contributed by atoms with Gasteiger partial charge in [0.15, 0.2) is 18.1 Å². The molecule has 3 aliphatic heterocycles. The summed E-state index contributed by atoms with van der Waals surface area (Å²) in [5.74, 6) is 0.923. The Morgan fingerprint density at radius 2 is 2.03 bits per heavy atom. The number of hydrogen-bond donors (Lipinski definition) is 2. The van der Waals surface area contributed by atoms with Gasteiger partial charge in [-0.2, -0.15) is 0 Å². The first-order valence-electron chi connectivity index (χ1n) is 9.67. The third kappa shape index (κ3) is 3.28. The summed E-state index contributed by atoms with van der Waals surface area (Å²) in [7, 11) is 0. The van der Waals surface area contributed by atoms with Gasteiger partial charge in [-0.25, -0.2) is 0 Å². The second-order valence-electron chi connectivity index (χ2n) is 7.26. The molecule has 1 fully saturated rings. The first-order chi connectivity index (χ1) is 14.6. The first-order valence-corrected chi connectivity index (χ1v) is 9.67. The Hall–Kier alpha value is -3.75. The van der Waals surface area contributed by atoms with Crippen LogP contribution < -0.4 is 24.8 Å². The lowest BCUT2D eigenvalue weighted by molar-refractivity contribution is -0.119. The zero-order valence-corrected chi connectivity index (χ0v) is 16.0. The number of rotatable bonds is 4. The second kappa shape index (κ2) is 7.25. The van der Waals surface area contributed by atoms with E-state index >= 15 is 0 Å². The van der Waals surface area contributed by atoms with Crippen LogP contribution in [0.1, 0.15) is 23.2 Å². The van der Waals surface area contributed by atoms with Crippen molar-refractivity contribution < 1.29 is 28.6 Å². The summed E-state index contributed by atoms with van der Waals surface area (Å²) in [4.78, 5) is 39.1. The molecule has 9 heteroatoms. The molecule has 0 aromatic heterocycles. The van der Waals surface area contributed by atoms with Crippen LogP contribution in [-0.2, 0) is 9.59 Å². The van der Waals surface area contributed by atoms with Crippen LogP contribution in [-0.4, -0.2) is 48.6 Å². The maximum atomic E-state index is 12.9. The van der Waals surface area contributed by atoms with Crippen LogP contribution in [0.4, 0.5) is 11.4 Å². The highest BCUT2D eigenvalue weighted by Crippen LogP contribution is 2.35. The molecule has 30 heavy (non-hydrogen) atoms. The number of carbonyl (C=O) groups excluding carboxylic acids is 3. The molecule has 3 amide bonds. The van der Waals surface area contributed by atoms with Gasteiger partial charge in [0.1, 0.15) is 11.8 Å². The minimum Gasteiger partial charge on any atom is -0.484 e. The monoisotopic (exact) mass is 409 g/mol. The van der Waals surface area contributed by atoms with Gasteiger partial charge in [-0.3, -0.25) is 14.4 Å². The molecular weight excluding hydrogens is 390 g/mol. The Labute approximate surface area is 171 Å². The number of anilines is 2. The van der Waals surface area contributed by atoms with E-state index in [0.717, 1.165) is 6.42 Å². The fourth-order valence-corrected chi connectivity index (χ4v) is 3.87. The van der Waals surface area contributed by atoms with Crippen LogP contribution >= 0.6 is 0 Å². The van der Waals surface area contributed by atoms with E-state index < -0.39 is 6.04 Å². The number of ether oxygens (including phenoxy) is 3. The molecule has 3 heterocycles. The van der Waals surface area contributed by atoms with Crippen molar-refractivity contribution in [1.82, 2.24) is 4.90 Å². The van der Waals surface area contributed by atoms with Crippen molar-refractivity contribution in [3.8, 4) is 17.2 Å². The summed E-state index contributed by atoms with van der Waals surface area (Å²) in [5.41, 5.74) is 1.27. The van der Waals surface area contributed by atoms with E-state index in [-0.39, 0.29) is 31.1 Å². The highest BCUT2D eigenvalue weighted by Gasteiger charge is 2.38. The first kappa shape index (κ1) is 18.3. The van der Waals surface area contributed by atoms with Gasteiger partial charge in [0.2, 0.25) is 12.7 Å². The smallest absolute Gasteiger partial charge is 0.262 e. The molecule has 2 aromatic carbocycles. The number of nitrogens with zero attached hydrogens (tertiary/aromatic N) is 1. The van der Waals surface area contributed by atoms with Crippen molar-refractivity contribution in [2.24, 2.45) is 0 Å². The van der Waals surface area contributed by atoms with Gasteiger partial charge >= 0.3 is 0 Å². The second-order valence-corrected chi connectivity index (χ2v) is 7.26. The summed E-state index contributed by atoms with van der Waals surface area (Å²) in [6, 6.07) is 9.48. The molecular formula is C21H19N3O6. The number of benzene rings is 2. The van der Waals surface area contributed by atoms with Gasteiger partial charge < -0.3 is 29.7 Å². The molecule has 2 aromatic rings. The molecule has 0 radical (unpaired) electrons. The fourth-order valence-electron chi connectivity index (χ4n) is 3.87. The number of amides is 3. The summed E-state index contributed by atoms with van der Waals surface area (Å²) in [6.45, 7) is 0.501. The van der Waals surface area contributed by atoms with Crippen LogP contribution in [0.5, 0.6) is 17.2 Å².